The minimum Gasteiger partial charge on any atom is -0.0654 e. The van der Waals surface area contributed by atoms with Gasteiger partial charge in [-0.15, -0.1) is 0 Å². The van der Waals surface area contributed by atoms with Crippen LogP contribution < -0.4 is 0 Å². The van der Waals surface area contributed by atoms with E-state index in [4.69, 9.17) is 0 Å². The van der Waals surface area contributed by atoms with E-state index in [1.54, 1.807) is 0 Å². The molecule has 0 radical (unpaired) electrons. The van der Waals surface area contributed by atoms with E-state index in [-0.39, 0.29) is 0 Å². The van der Waals surface area contributed by atoms with E-state index in [0.717, 1.165) is 17.3 Å². The molecular weight excluding hydrogens is 156 g/mol. The fourth-order valence-electron chi connectivity index (χ4n) is 3.02. The SMILES string of the molecule is CCCCCC1(C(C)C)CC(C)C1. The maximum absolute atomic E-state index is 2.41. The van der Waals surface area contributed by atoms with Gasteiger partial charge in [0.05, 0.1) is 0 Å². The summed E-state index contributed by atoms with van der Waals surface area (Å²) in [7, 11) is 0. The molecule has 0 aromatic carbocycles. The van der Waals surface area contributed by atoms with Gasteiger partial charge in [0.15, 0.2) is 0 Å². The second-order valence-corrected chi connectivity index (χ2v) is 5.49. The molecule has 78 valence electrons. The first-order valence-electron chi connectivity index (χ1n) is 6.10. The molecular formula is C13H26. The summed E-state index contributed by atoms with van der Waals surface area (Å²) in [5.41, 5.74) is 0.745. The second kappa shape index (κ2) is 4.48. The van der Waals surface area contributed by atoms with Gasteiger partial charge in [-0.3, -0.25) is 0 Å². The summed E-state index contributed by atoms with van der Waals surface area (Å²) < 4.78 is 0. The van der Waals surface area contributed by atoms with E-state index >= 15 is 0 Å². The van der Waals surface area contributed by atoms with Crippen LogP contribution in [0.4, 0.5) is 0 Å². The molecule has 1 aliphatic rings. The fourth-order valence-corrected chi connectivity index (χ4v) is 3.02. The summed E-state index contributed by atoms with van der Waals surface area (Å²) in [6.45, 7) is 9.53. The largest absolute Gasteiger partial charge is 0.0654 e. The molecule has 1 aliphatic carbocycles. The normalized spacial score (nSPS) is 33.5. The van der Waals surface area contributed by atoms with E-state index in [9.17, 15) is 0 Å². The Morgan fingerprint density at radius 1 is 1.23 bits per heavy atom. The Bertz CT molecular complexity index is 140. The lowest BCUT2D eigenvalue weighted by Gasteiger charge is -2.50. The van der Waals surface area contributed by atoms with Crippen LogP contribution in [0.15, 0.2) is 0 Å². The van der Waals surface area contributed by atoms with Crippen molar-refractivity contribution in [1.29, 1.82) is 0 Å². The number of rotatable bonds is 5. The first-order valence-corrected chi connectivity index (χ1v) is 6.10. The molecule has 0 nitrogen and oxygen atoms in total. The summed E-state index contributed by atoms with van der Waals surface area (Å²) in [5, 5.41) is 0. The van der Waals surface area contributed by atoms with E-state index in [1.165, 1.54) is 38.5 Å². The first-order chi connectivity index (χ1) is 6.10. The highest BCUT2D eigenvalue weighted by molar-refractivity contribution is 4.93. The van der Waals surface area contributed by atoms with Crippen molar-refractivity contribution in [2.24, 2.45) is 17.3 Å². The Balaban J connectivity index is 2.32. The molecule has 0 aliphatic heterocycles. The second-order valence-electron chi connectivity index (χ2n) is 5.49. The fraction of sp³-hybridized carbons (Fsp3) is 1.00. The van der Waals surface area contributed by atoms with Gasteiger partial charge in [-0.1, -0.05) is 47.0 Å². The lowest BCUT2D eigenvalue weighted by molar-refractivity contribution is 0.00343. The summed E-state index contributed by atoms with van der Waals surface area (Å²) in [6, 6.07) is 0. The van der Waals surface area contributed by atoms with Crippen LogP contribution in [0.3, 0.4) is 0 Å². The molecule has 0 amide bonds. The smallest absolute Gasteiger partial charge is 0.0269 e. The molecule has 13 heavy (non-hydrogen) atoms. The monoisotopic (exact) mass is 182 g/mol. The molecule has 1 fully saturated rings. The van der Waals surface area contributed by atoms with Crippen molar-refractivity contribution >= 4 is 0 Å². The Morgan fingerprint density at radius 2 is 1.85 bits per heavy atom. The minimum atomic E-state index is 0.745. The van der Waals surface area contributed by atoms with E-state index < -0.39 is 0 Å². The van der Waals surface area contributed by atoms with Gasteiger partial charge in [0.2, 0.25) is 0 Å². The minimum absolute atomic E-state index is 0.745. The van der Waals surface area contributed by atoms with Crippen LogP contribution in [0.25, 0.3) is 0 Å². The number of hydrogen-bond acceptors (Lipinski definition) is 0. The molecule has 0 N–H and O–H groups in total. The highest BCUT2D eigenvalue weighted by Crippen LogP contribution is 2.53. The third-order valence-electron chi connectivity index (χ3n) is 4.01. The van der Waals surface area contributed by atoms with Gasteiger partial charge in [0.25, 0.3) is 0 Å². The predicted octanol–water partition coefficient (Wildman–Crippen LogP) is 4.64. The van der Waals surface area contributed by atoms with Gasteiger partial charge in [-0.25, -0.2) is 0 Å². The summed E-state index contributed by atoms with van der Waals surface area (Å²) in [5.74, 6) is 1.91. The van der Waals surface area contributed by atoms with Gasteiger partial charge >= 0.3 is 0 Å². The Morgan fingerprint density at radius 3 is 2.23 bits per heavy atom. The Hall–Kier alpha value is 0. The van der Waals surface area contributed by atoms with Crippen LogP contribution in [0, 0.1) is 17.3 Å². The van der Waals surface area contributed by atoms with Crippen molar-refractivity contribution < 1.29 is 0 Å². The maximum atomic E-state index is 2.41. The van der Waals surface area contributed by atoms with Crippen LogP contribution in [-0.4, -0.2) is 0 Å². The van der Waals surface area contributed by atoms with Crippen LogP contribution in [0.2, 0.25) is 0 Å². The molecule has 0 bridgehead atoms. The van der Waals surface area contributed by atoms with Crippen molar-refractivity contribution in [3.63, 3.8) is 0 Å². The molecule has 0 spiro atoms. The average Bonchev–Trinajstić information content (AvgIpc) is 2.00. The van der Waals surface area contributed by atoms with Gasteiger partial charge in [-0.05, 0) is 36.5 Å². The van der Waals surface area contributed by atoms with E-state index in [1.807, 2.05) is 0 Å². The molecule has 0 heterocycles. The van der Waals surface area contributed by atoms with E-state index in [0.29, 0.717) is 0 Å². The van der Waals surface area contributed by atoms with Crippen molar-refractivity contribution in [3.8, 4) is 0 Å². The van der Waals surface area contributed by atoms with Crippen molar-refractivity contribution in [3.05, 3.63) is 0 Å². The Kier molecular flexibility index (Phi) is 3.82. The van der Waals surface area contributed by atoms with Gasteiger partial charge in [0.1, 0.15) is 0 Å². The van der Waals surface area contributed by atoms with Crippen molar-refractivity contribution in [2.45, 2.75) is 66.2 Å². The standard InChI is InChI=1S/C13H26/c1-5-6-7-8-13(11(2)3)9-12(4)10-13/h11-12H,5-10H2,1-4H3. The van der Waals surface area contributed by atoms with Gasteiger partial charge in [0, 0.05) is 0 Å². The lowest BCUT2D eigenvalue weighted by atomic mass is 9.55. The average molecular weight is 182 g/mol. The highest BCUT2D eigenvalue weighted by Gasteiger charge is 2.43. The summed E-state index contributed by atoms with van der Waals surface area (Å²) in [6.07, 6.45) is 8.74. The van der Waals surface area contributed by atoms with Gasteiger partial charge in [-0.2, -0.15) is 0 Å². The highest BCUT2D eigenvalue weighted by atomic mass is 14.5. The molecule has 1 saturated carbocycles. The third kappa shape index (κ3) is 2.48. The molecule has 0 saturated heterocycles. The number of unbranched alkanes of at least 4 members (excludes halogenated alkanes) is 2. The molecule has 1 rings (SSSR count). The van der Waals surface area contributed by atoms with Crippen LogP contribution in [-0.2, 0) is 0 Å². The summed E-state index contributed by atoms with van der Waals surface area (Å²) in [4.78, 5) is 0. The third-order valence-corrected chi connectivity index (χ3v) is 4.01. The zero-order valence-electron chi connectivity index (χ0n) is 9.90. The molecule has 0 heteroatoms. The zero-order chi connectivity index (χ0) is 9.90. The first kappa shape index (κ1) is 11.1. The zero-order valence-corrected chi connectivity index (χ0v) is 9.90. The van der Waals surface area contributed by atoms with Crippen LogP contribution >= 0.6 is 0 Å². The maximum Gasteiger partial charge on any atom is -0.0269 e. The quantitative estimate of drug-likeness (QED) is 0.543. The molecule has 0 atom stereocenters. The van der Waals surface area contributed by atoms with Crippen molar-refractivity contribution in [2.75, 3.05) is 0 Å². The van der Waals surface area contributed by atoms with E-state index in [2.05, 4.69) is 27.7 Å². The topological polar surface area (TPSA) is 0 Å². The van der Waals surface area contributed by atoms with Gasteiger partial charge < -0.3 is 0 Å². The summed E-state index contributed by atoms with van der Waals surface area (Å²) >= 11 is 0. The molecule has 0 aromatic rings. The number of hydrogen-bond donors (Lipinski definition) is 0. The van der Waals surface area contributed by atoms with Crippen LogP contribution in [0.5, 0.6) is 0 Å². The molecule has 0 unspecified atom stereocenters. The predicted molar refractivity (Wildman–Crippen MR) is 59.8 cm³/mol. The van der Waals surface area contributed by atoms with Crippen LogP contribution in [0.1, 0.15) is 66.2 Å². The Labute approximate surface area is 84.1 Å². The molecule has 0 aromatic heterocycles. The lowest BCUT2D eigenvalue weighted by Crippen LogP contribution is -2.40. The van der Waals surface area contributed by atoms with Crippen molar-refractivity contribution in [1.82, 2.24) is 0 Å².